The van der Waals surface area contributed by atoms with Crippen LogP contribution in [-0.4, -0.2) is 20.7 Å². The molecule has 0 saturated carbocycles. The van der Waals surface area contributed by atoms with Crippen LogP contribution in [0.4, 0.5) is 0 Å². The summed E-state index contributed by atoms with van der Waals surface area (Å²) in [5.74, 6) is -0.353. The molecule has 132 valence electrons. The Hall–Kier alpha value is -3.15. The van der Waals surface area contributed by atoms with E-state index >= 15 is 0 Å². The second-order valence-corrected chi connectivity index (χ2v) is 6.58. The third-order valence-electron chi connectivity index (χ3n) is 4.89. The quantitative estimate of drug-likeness (QED) is 0.764. The van der Waals surface area contributed by atoms with Gasteiger partial charge in [0.2, 0.25) is 0 Å². The summed E-state index contributed by atoms with van der Waals surface area (Å²) < 4.78 is 1.97. The molecule has 0 bridgehead atoms. The number of aryl methyl sites for hydroxylation is 1. The third kappa shape index (κ3) is 2.83. The van der Waals surface area contributed by atoms with Crippen LogP contribution in [0, 0.1) is 6.92 Å². The molecule has 0 unspecified atom stereocenters. The molecule has 6 heteroatoms. The third-order valence-corrected chi connectivity index (χ3v) is 4.89. The Balaban J connectivity index is 1.65. The van der Waals surface area contributed by atoms with Gasteiger partial charge in [0.1, 0.15) is 5.56 Å². The molecule has 2 heterocycles. The van der Waals surface area contributed by atoms with Crippen LogP contribution in [0.2, 0.25) is 0 Å². The second kappa shape index (κ2) is 6.63. The Morgan fingerprint density at radius 3 is 2.92 bits per heavy atom. The van der Waals surface area contributed by atoms with Gasteiger partial charge in [0.05, 0.1) is 17.9 Å². The van der Waals surface area contributed by atoms with Gasteiger partial charge >= 0.3 is 0 Å². The maximum atomic E-state index is 12.5. The van der Waals surface area contributed by atoms with E-state index < -0.39 is 0 Å². The number of aromatic nitrogens is 3. The number of carbonyl (C=O) groups excluding carboxylic acids is 1. The number of para-hydroxylation sites is 1. The lowest BCUT2D eigenvalue weighted by Gasteiger charge is -2.24. The van der Waals surface area contributed by atoms with E-state index in [0.717, 1.165) is 41.8 Å². The van der Waals surface area contributed by atoms with Gasteiger partial charge in [-0.05, 0) is 49.9 Å². The molecule has 1 atom stereocenters. The Labute approximate surface area is 150 Å². The molecule has 1 aromatic carbocycles. The molecule has 1 aliphatic rings. The number of amides is 1. The first-order valence-electron chi connectivity index (χ1n) is 8.76. The number of rotatable bonds is 3. The van der Waals surface area contributed by atoms with Crippen LogP contribution in [0.15, 0.2) is 53.6 Å². The molecule has 4 rings (SSSR count). The number of H-pyrrole nitrogens is 1. The highest BCUT2D eigenvalue weighted by Crippen LogP contribution is 2.31. The first kappa shape index (κ1) is 16.3. The van der Waals surface area contributed by atoms with Crippen molar-refractivity contribution in [3.8, 4) is 5.69 Å². The lowest BCUT2D eigenvalue weighted by Crippen LogP contribution is -2.34. The number of nitrogens with zero attached hydrogens (tertiary/aromatic N) is 2. The van der Waals surface area contributed by atoms with Gasteiger partial charge in [0, 0.05) is 17.5 Å². The van der Waals surface area contributed by atoms with E-state index in [4.69, 9.17) is 0 Å². The average molecular weight is 348 g/mol. The minimum atomic E-state index is -0.378. The van der Waals surface area contributed by atoms with E-state index in [1.807, 2.05) is 29.1 Å². The lowest BCUT2D eigenvalue weighted by atomic mass is 9.92. The van der Waals surface area contributed by atoms with Crippen molar-refractivity contribution >= 4 is 5.91 Å². The number of hydrogen-bond donors (Lipinski definition) is 2. The fourth-order valence-electron chi connectivity index (χ4n) is 3.55. The Kier molecular flexibility index (Phi) is 4.16. The molecule has 0 aliphatic heterocycles. The van der Waals surface area contributed by atoms with E-state index in [0.29, 0.717) is 0 Å². The minimum absolute atomic E-state index is 0.130. The van der Waals surface area contributed by atoms with Crippen molar-refractivity contribution in [3.05, 3.63) is 81.5 Å². The maximum absolute atomic E-state index is 12.5. The fraction of sp³-hybridized carbons (Fsp3) is 0.250. The van der Waals surface area contributed by atoms with Gasteiger partial charge in [-0.1, -0.05) is 18.2 Å². The van der Waals surface area contributed by atoms with Crippen molar-refractivity contribution in [2.24, 2.45) is 0 Å². The zero-order chi connectivity index (χ0) is 18.1. The van der Waals surface area contributed by atoms with Crippen molar-refractivity contribution < 1.29 is 4.79 Å². The van der Waals surface area contributed by atoms with E-state index in [1.165, 1.54) is 12.3 Å². The maximum Gasteiger partial charge on any atom is 0.260 e. The Morgan fingerprint density at radius 2 is 2.12 bits per heavy atom. The number of benzene rings is 1. The molecule has 0 saturated heterocycles. The van der Waals surface area contributed by atoms with Gasteiger partial charge in [-0.2, -0.15) is 5.10 Å². The summed E-state index contributed by atoms with van der Waals surface area (Å²) in [6.07, 6.45) is 6.07. The van der Waals surface area contributed by atoms with Gasteiger partial charge < -0.3 is 10.3 Å². The fourth-order valence-corrected chi connectivity index (χ4v) is 3.55. The molecular weight excluding hydrogens is 328 g/mol. The number of nitrogens with one attached hydrogen (secondary N) is 2. The molecule has 26 heavy (non-hydrogen) atoms. The predicted octanol–water partition coefficient (Wildman–Crippen LogP) is 2.68. The summed E-state index contributed by atoms with van der Waals surface area (Å²) in [5.41, 5.74) is 4.11. The largest absolute Gasteiger partial charge is 0.345 e. The van der Waals surface area contributed by atoms with Crippen molar-refractivity contribution in [1.82, 2.24) is 20.1 Å². The van der Waals surface area contributed by atoms with Crippen LogP contribution >= 0.6 is 0 Å². The molecule has 3 aromatic rings. The number of hydrogen-bond acceptors (Lipinski definition) is 3. The van der Waals surface area contributed by atoms with Crippen LogP contribution in [0.3, 0.4) is 0 Å². The van der Waals surface area contributed by atoms with Crippen molar-refractivity contribution in [2.45, 2.75) is 32.2 Å². The molecule has 2 aromatic heterocycles. The highest BCUT2D eigenvalue weighted by molar-refractivity contribution is 5.94. The first-order chi connectivity index (χ1) is 12.6. The molecule has 0 fully saturated rings. The normalized spacial score (nSPS) is 16.1. The van der Waals surface area contributed by atoms with Gasteiger partial charge in [0.15, 0.2) is 0 Å². The summed E-state index contributed by atoms with van der Waals surface area (Å²) in [6, 6.07) is 11.2. The van der Waals surface area contributed by atoms with E-state index in [9.17, 15) is 9.59 Å². The second-order valence-electron chi connectivity index (χ2n) is 6.58. The van der Waals surface area contributed by atoms with Crippen molar-refractivity contribution in [3.63, 3.8) is 0 Å². The summed E-state index contributed by atoms with van der Waals surface area (Å²) >= 11 is 0. The predicted molar refractivity (Wildman–Crippen MR) is 98.5 cm³/mol. The first-order valence-corrected chi connectivity index (χ1v) is 8.76. The molecular formula is C20H20N4O2. The molecule has 1 amide bonds. The number of carbonyl (C=O) groups is 1. The molecule has 0 spiro atoms. The van der Waals surface area contributed by atoms with Crippen LogP contribution in [-0.2, 0) is 6.42 Å². The molecule has 1 aliphatic carbocycles. The van der Waals surface area contributed by atoms with Gasteiger partial charge in [0.25, 0.3) is 11.5 Å². The van der Waals surface area contributed by atoms with E-state index in [-0.39, 0.29) is 23.1 Å². The van der Waals surface area contributed by atoms with Crippen LogP contribution in [0.5, 0.6) is 0 Å². The SMILES string of the molecule is Cc1ccccc1-n1ncc2c1CCC[C@H]2NC(=O)c1ccc[nH]c1=O. The van der Waals surface area contributed by atoms with Crippen LogP contribution in [0.25, 0.3) is 5.69 Å². The highest BCUT2D eigenvalue weighted by atomic mass is 16.2. The molecule has 0 radical (unpaired) electrons. The van der Waals surface area contributed by atoms with Crippen LogP contribution < -0.4 is 10.9 Å². The summed E-state index contributed by atoms with van der Waals surface area (Å²) in [6.45, 7) is 2.06. The summed E-state index contributed by atoms with van der Waals surface area (Å²) in [7, 11) is 0. The number of fused-ring (bicyclic) bond motifs is 1. The zero-order valence-electron chi connectivity index (χ0n) is 14.5. The Morgan fingerprint density at radius 1 is 1.27 bits per heavy atom. The average Bonchev–Trinajstić information content (AvgIpc) is 3.07. The van der Waals surface area contributed by atoms with Crippen LogP contribution in [0.1, 0.15) is 46.1 Å². The zero-order valence-corrected chi connectivity index (χ0v) is 14.5. The lowest BCUT2D eigenvalue weighted by molar-refractivity contribution is 0.0931. The summed E-state index contributed by atoms with van der Waals surface area (Å²) in [5, 5.41) is 7.57. The van der Waals surface area contributed by atoms with Crippen molar-refractivity contribution in [1.29, 1.82) is 0 Å². The van der Waals surface area contributed by atoms with Gasteiger partial charge in [-0.3, -0.25) is 9.59 Å². The van der Waals surface area contributed by atoms with Gasteiger partial charge in [-0.15, -0.1) is 0 Å². The Bertz CT molecular complexity index is 1020. The number of pyridine rings is 1. The smallest absolute Gasteiger partial charge is 0.260 e. The van der Waals surface area contributed by atoms with E-state index in [2.05, 4.69) is 28.4 Å². The molecule has 2 N–H and O–H groups in total. The number of aromatic amines is 1. The highest BCUT2D eigenvalue weighted by Gasteiger charge is 2.27. The summed E-state index contributed by atoms with van der Waals surface area (Å²) in [4.78, 5) is 26.9. The topological polar surface area (TPSA) is 79.8 Å². The molecule has 6 nitrogen and oxygen atoms in total. The van der Waals surface area contributed by atoms with E-state index in [1.54, 1.807) is 6.07 Å². The monoisotopic (exact) mass is 348 g/mol. The minimum Gasteiger partial charge on any atom is -0.345 e. The standard InChI is InChI=1S/C20H20N4O2/c1-13-6-2-3-9-17(13)24-18-10-4-8-16(15(18)12-22-24)23-20(26)14-7-5-11-21-19(14)25/h2-3,5-7,9,11-12,16H,4,8,10H2,1H3,(H,21,25)(H,23,26)/t16-/m1/s1. The van der Waals surface area contributed by atoms with Crippen molar-refractivity contribution in [2.75, 3.05) is 0 Å². The van der Waals surface area contributed by atoms with Gasteiger partial charge in [-0.25, -0.2) is 4.68 Å².